The van der Waals surface area contributed by atoms with E-state index < -0.39 is 0 Å². The Morgan fingerprint density at radius 3 is 3.08 bits per heavy atom. The lowest BCUT2D eigenvalue weighted by Gasteiger charge is -1.95. The first-order valence-electron chi connectivity index (χ1n) is 3.67. The number of nitrogens with one attached hydrogen (secondary N) is 1. The molecule has 0 saturated heterocycles. The third-order valence-corrected chi connectivity index (χ3v) is 2.35. The van der Waals surface area contributed by atoms with E-state index in [2.05, 4.69) is 18.0 Å². The van der Waals surface area contributed by atoms with E-state index in [1.807, 2.05) is 18.2 Å². The Balaban J connectivity index is 2.43. The number of nitrogens with zero attached hydrogens (tertiary/aromatic N) is 1. The van der Waals surface area contributed by atoms with Crippen LogP contribution in [0.2, 0.25) is 0 Å². The van der Waals surface area contributed by atoms with Gasteiger partial charge in [-0.1, -0.05) is 6.08 Å². The third-order valence-electron chi connectivity index (χ3n) is 1.36. The van der Waals surface area contributed by atoms with E-state index >= 15 is 0 Å². The summed E-state index contributed by atoms with van der Waals surface area (Å²) in [5.41, 5.74) is 0. The molecule has 3 heteroatoms. The number of rotatable bonds is 4. The largest absolute Gasteiger partial charge is 0.308 e. The first-order valence-corrected chi connectivity index (χ1v) is 4.49. The molecule has 12 heavy (non-hydrogen) atoms. The molecule has 0 aromatic carbocycles. The SMILES string of the molecule is C=CCNCc1ccc(C#N)s1. The first kappa shape index (κ1) is 8.98. The van der Waals surface area contributed by atoms with E-state index in [1.165, 1.54) is 16.2 Å². The van der Waals surface area contributed by atoms with Crippen molar-refractivity contribution in [1.29, 1.82) is 5.26 Å². The minimum Gasteiger partial charge on any atom is -0.308 e. The van der Waals surface area contributed by atoms with Crippen molar-refractivity contribution in [3.63, 3.8) is 0 Å². The van der Waals surface area contributed by atoms with E-state index in [1.54, 1.807) is 0 Å². The summed E-state index contributed by atoms with van der Waals surface area (Å²) in [7, 11) is 0. The minimum atomic E-state index is 0.769. The summed E-state index contributed by atoms with van der Waals surface area (Å²) in [4.78, 5) is 1.96. The van der Waals surface area contributed by atoms with Crippen molar-refractivity contribution in [2.75, 3.05) is 6.54 Å². The van der Waals surface area contributed by atoms with Crippen molar-refractivity contribution in [2.24, 2.45) is 0 Å². The van der Waals surface area contributed by atoms with Crippen LogP contribution in [0.4, 0.5) is 0 Å². The van der Waals surface area contributed by atoms with Crippen molar-refractivity contribution in [3.05, 3.63) is 34.5 Å². The summed E-state index contributed by atoms with van der Waals surface area (Å²) in [6.07, 6.45) is 1.82. The Labute approximate surface area is 76.1 Å². The highest BCUT2D eigenvalue weighted by molar-refractivity contribution is 7.12. The first-order chi connectivity index (χ1) is 5.86. The van der Waals surface area contributed by atoms with Crippen LogP contribution in [-0.2, 0) is 6.54 Å². The summed E-state index contributed by atoms with van der Waals surface area (Å²) in [6, 6.07) is 5.92. The summed E-state index contributed by atoms with van der Waals surface area (Å²) >= 11 is 1.53. The smallest absolute Gasteiger partial charge is 0.110 e. The molecule has 0 amide bonds. The highest BCUT2D eigenvalue weighted by Gasteiger charge is 1.96. The maximum Gasteiger partial charge on any atom is 0.110 e. The molecule has 1 heterocycles. The van der Waals surface area contributed by atoms with Gasteiger partial charge in [0.15, 0.2) is 0 Å². The van der Waals surface area contributed by atoms with Crippen LogP contribution in [0.15, 0.2) is 24.8 Å². The Bertz CT molecular complexity index is 296. The number of hydrogen-bond acceptors (Lipinski definition) is 3. The number of nitriles is 1. The molecule has 1 N–H and O–H groups in total. The van der Waals surface area contributed by atoms with Gasteiger partial charge in [-0.3, -0.25) is 0 Å². The fraction of sp³-hybridized carbons (Fsp3) is 0.222. The summed E-state index contributed by atoms with van der Waals surface area (Å²) in [5.74, 6) is 0. The second kappa shape index (κ2) is 4.70. The number of hydrogen-bond donors (Lipinski definition) is 1. The molecule has 1 aromatic heterocycles. The third kappa shape index (κ3) is 2.50. The van der Waals surface area contributed by atoms with Crippen LogP contribution in [0.1, 0.15) is 9.75 Å². The molecule has 1 aromatic rings. The molecule has 0 bridgehead atoms. The lowest BCUT2D eigenvalue weighted by atomic mass is 10.4. The maximum absolute atomic E-state index is 8.55. The fourth-order valence-electron chi connectivity index (χ4n) is 0.830. The van der Waals surface area contributed by atoms with Gasteiger partial charge in [-0.2, -0.15) is 5.26 Å². The molecule has 2 nitrogen and oxygen atoms in total. The predicted octanol–water partition coefficient (Wildman–Crippen LogP) is 1.90. The summed E-state index contributed by atoms with van der Waals surface area (Å²) in [6.45, 7) is 5.22. The van der Waals surface area contributed by atoms with Gasteiger partial charge in [0.05, 0.1) is 0 Å². The van der Waals surface area contributed by atoms with Crippen LogP contribution in [0, 0.1) is 11.3 Å². The molecule has 0 spiro atoms. The van der Waals surface area contributed by atoms with Gasteiger partial charge in [-0.15, -0.1) is 17.9 Å². The van der Waals surface area contributed by atoms with E-state index in [0.29, 0.717) is 0 Å². The number of thiophene rings is 1. The zero-order chi connectivity index (χ0) is 8.81. The molecule has 0 aliphatic rings. The second-order valence-electron chi connectivity index (χ2n) is 2.30. The normalized spacial score (nSPS) is 9.25. The predicted molar refractivity (Wildman–Crippen MR) is 50.9 cm³/mol. The summed E-state index contributed by atoms with van der Waals surface area (Å²) < 4.78 is 0. The Kier molecular flexibility index (Phi) is 3.52. The molecular weight excluding hydrogens is 168 g/mol. The van der Waals surface area contributed by atoms with Gasteiger partial charge in [-0.25, -0.2) is 0 Å². The average Bonchev–Trinajstić information content (AvgIpc) is 2.53. The van der Waals surface area contributed by atoms with Crippen molar-refractivity contribution in [1.82, 2.24) is 5.32 Å². The standard InChI is InChI=1S/C9H10N2S/c1-2-5-11-7-9-4-3-8(6-10)12-9/h2-4,11H,1,5,7H2. The second-order valence-corrected chi connectivity index (χ2v) is 3.47. The van der Waals surface area contributed by atoms with Gasteiger partial charge in [-0.05, 0) is 12.1 Å². The molecule has 0 fully saturated rings. The van der Waals surface area contributed by atoms with Gasteiger partial charge in [0.25, 0.3) is 0 Å². The molecular formula is C9H10N2S. The van der Waals surface area contributed by atoms with Crippen molar-refractivity contribution >= 4 is 11.3 Å². The zero-order valence-corrected chi connectivity index (χ0v) is 7.53. The van der Waals surface area contributed by atoms with Crippen LogP contribution in [-0.4, -0.2) is 6.54 Å². The Hall–Kier alpha value is -1.11. The van der Waals surface area contributed by atoms with Gasteiger partial charge >= 0.3 is 0 Å². The molecule has 0 saturated carbocycles. The average molecular weight is 178 g/mol. The van der Waals surface area contributed by atoms with E-state index in [0.717, 1.165) is 18.0 Å². The highest BCUT2D eigenvalue weighted by atomic mass is 32.1. The van der Waals surface area contributed by atoms with Crippen molar-refractivity contribution in [2.45, 2.75) is 6.54 Å². The van der Waals surface area contributed by atoms with Crippen LogP contribution >= 0.6 is 11.3 Å². The topological polar surface area (TPSA) is 35.8 Å². The van der Waals surface area contributed by atoms with Crippen LogP contribution in [0.25, 0.3) is 0 Å². The lowest BCUT2D eigenvalue weighted by Crippen LogP contribution is -2.11. The summed E-state index contributed by atoms with van der Waals surface area (Å²) in [5, 5.41) is 11.7. The van der Waals surface area contributed by atoms with E-state index in [-0.39, 0.29) is 0 Å². The Morgan fingerprint density at radius 1 is 1.67 bits per heavy atom. The minimum absolute atomic E-state index is 0.769. The van der Waals surface area contributed by atoms with Gasteiger partial charge in [0.1, 0.15) is 10.9 Å². The van der Waals surface area contributed by atoms with Gasteiger partial charge < -0.3 is 5.32 Å². The quantitative estimate of drug-likeness (QED) is 0.564. The molecule has 0 radical (unpaired) electrons. The van der Waals surface area contributed by atoms with Crippen LogP contribution < -0.4 is 5.32 Å². The Morgan fingerprint density at radius 2 is 2.50 bits per heavy atom. The maximum atomic E-state index is 8.55. The van der Waals surface area contributed by atoms with E-state index in [4.69, 9.17) is 5.26 Å². The highest BCUT2D eigenvalue weighted by Crippen LogP contribution is 2.14. The monoisotopic (exact) mass is 178 g/mol. The van der Waals surface area contributed by atoms with E-state index in [9.17, 15) is 0 Å². The molecule has 0 aliphatic heterocycles. The van der Waals surface area contributed by atoms with Gasteiger partial charge in [0, 0.05) is 18.0 Å². The molecule has 1 rings (SSSR count). The van der Waals surface area contributed by atoms with Crippen molar-refractivity contribution < 1.29 is 0 Å². The fourth-order valence-corrected chi connectivity index (χ4v) is 1.60. The molecule has 0 aliphatic carbocycles. The molecule has 0 atom stereocenters. The molecule has 0 unspecified atom stereocenters. The van der Waals surface area contributed by atoms with Gasteiger partial charge in [0.2, 0.25) is 0 Å². The van der Waals surface area contributed by atoms with Crippen molar-refractivity contribution in [3.8, 4) is 6.07 Å². The van der Waals surface area contributed by atoms with Crippen LogP contribution in [0.5, 0.6) is 0 Å². The zero-order valence-electron chi connectivity index (χ0n) is 6.71. The molecule has 62 valence electrons. The van der Waals surface area contributed by atoms with Crippen LogP contribution in [0.3, 0.4) is 0 Å². The lowest BCUT2D eigenvalue weighted by molar-refractivity contribution is 0.771.